The van der Waals surface area contributed by atoms with Gasteiger partial charge in [-0.2, -0.15) is 0 Å². The molecule has 2 aliphatic heterocycles. The summed E-state index contributed by atoms with van der Waals surface area (Å²) in [6.45, 7) is 4.19. The number of hydrogen-bond donors (Lipinski definition) is 2. The van der Waals surface area contributed by atoms with E-state index >= 15 is 0 Å². The zero-order valence-electron chi connectivity index (χ0n) is 16.5. The number of benzene rings is 1. The number of fused-ring (bicyclic) bond motifs is 2. The number of anilines is 1. The highest BCUT2D eigenvalue weighted by Gasteiger charge is 2.39. The van der Waals surface area contributed by atoms with E-state index in [1.165, 1.54) is 6.92 Å². The van der Waals surface area contributed by atoms with Gasteiger partial charge in [0.2, 0.25) is 11.8 Å². The summed E-state index contributed by atoms with van der Waals surface area (Å²) in [5, 5.41) is 5.48. The van der Waals surface area contributed by atoms with Crippen molar-refractivity contribution in [3.05, 3.63) is 23.8 Å². The number of hydrogen-bond acceptors (Lipinski definition) is 5. The molecule has 1 aromatic carbocycles. The van der Waals surface area contributed by atoms with Crippen molar-refractivity contribution in [3.8, 4) is 5.75 Å². The summed E-state index contributed by atoms with van der Waals surface area (Å²) in [4.78, 5) is 37.9. The maximum absolute atomic E-state index is 13.0. The Labute approximate surface area is 164 Å². The van der Waals surface area contributed by atoms with Crippen molar-refractivity contribution < 1.29 is 23.9 Å². The van der Waals surface area contributed by atoms with Crippen LogP contribution in [0.5, 0.6) is 5.75 Å². The van der Waals surface area contributed by atoms with Crippen LogP contribution in [-0.4, -0.2) is 61.1 Å². The van der Waals surface area contributed by atoms with Gasteiger partial charge in [-0.05, 0) is 38.0 Å². The van der Waals surface area contributed by atoms with Crippen molar-refractivity contribution >= 4 is 23.4 Å². The van der Waals surface area contributed by atoms with Gasteiger partial charge in [-0.3, -0.25) is 14.4 Å². The summed E-state index contributed by atoms with van der Waals surface area (Å²) in [6.07, 6.45) is 1.27. The molecule has 28 heavy (non-hydrogen) atoms. The Kier molecular flexibility index (Phi) is 6.18. The van der Waals surface area contributed by atoms with Crippen molar-refractivity contribution in [1.82, 2.24) is 10.2 Å². The smallest absolute Gasteiger partial charge is 0.257 e. The van der Waals surface area contributed by atoms with E-state index in [0.717, 1.165) is 6.42 Å². The average Bonchev–Trinajstić information content (AvgIpc) is 2.65. The second-order valence-corrected chi connectivity index (χ2v) is 7.22. The highest BCUT2D eigenvalue weighted by molar-refractivity contribution is 5.99. The Balaban J connectivity index is 1.77. The van der Waals surface area contributed by atoms with Crippen molar-refractivity contribution in [2.75, 3.05) is 25.5 Å². The van der Waals surface area contributed by atoms with Crippen molar-refractivity contribution in [3.63, 3.8) is 0 Å². The molecule has 1 fully saturated rings. The number of amides is 3. The Hall–Kier alpha value is -2.61. The molecule has 0 aliphatic carbocycles. The van der Waals surface area contributed by atoms with Crippen molar-refractivity contribution in [2.45, 2.75) is 51.4 Å². The number of carbonyl (C=O) groups is 3. The maximum Gasteiger partial charge on any atom is 0.257 e. The second kappa shape index (κ2) is 8.60. The van der Waals surface area contributed by atoms with Gasteiger partial charge >= 0.3 is 0 Å². The quantitative estimate of drug-likeness (QED) is 0.814. The number of nitrogens with one attached hydrogen (secondary N) is 2. The second-order valence-electron chi connectivity index (χ2n) is 7.22. The molecule has 3 rings (SSSR count). The molecule has 2 aliphatic rings. The number of carbonyl (C=O) groups excluding carboxylic acids is 3. The Morgan fingerprint density at radius 1 is 1.29 bits per heavy atom. The van der Waals surface area contributed by atoms with Crippen LogP contribution in [-0.2, 0) is 14.3 Å². The molecule has 0 aromatic heterocycles. The first-order chi connectivity index (χ1) is 13.4. The third kappa shape index (κ3) is 4.44. The average molecular weight is 389 g/mol. The molecule has 1 saturated heterocycles. The van der Waals surface area contributed by atoms with Gasteiger partial charge < -0.3 is 25.0 Å². The fourth-order valence-electron chi connectivity index (χ4n) is 3.78. The summed E-state index contributed by atoms with van der Waals surface area (Å²) < 4.78 is 12.0. The maximum atomic E-state index is 13.0. The zero-order valence-corrected chi connectivity index (χ0v) is 16.5. The summed E-state index contributed by atoms with van der Waals surface area (Å²) >= 11 is 0. The third-order valence-electron chi connectivity index (χ3n) is 5.12. The number of rotatable bonds is 4. The number of likely N-dealkylation sites (N-methyl/N-ethyl adjacent to an activating group) is 1. The lowest BCUT2D eigenvalue weighted by Crippen LogP contribution is -2.53. The van der Waals surface area contributed by atoms with Gasteiger partial charge in [0.05, 0.1) is 24.1 Å². The van der Waals surface area contributed by atoms with Crippen LogP contribution >= 0.6 is 0 Å². The third-order valence-corrected chi connectivity index (χ3v) is 5.12. The van der Waals surface area contributed by atoms with Crippen LogP contribution in [0.3, 0.4) is 0 Å². The topological polar surface area (TPSA) is 97.0 Å². The SMILES string of the molecule is CCNC(=O)C[C@H]1CC[C@H]2[C@@H](COc3ccc(NC(C)=O)cc3C(=O)N2C)O1. The van der Waals surface area contributed by atoms with Gasteiger partial charge in [0.15, 0.2) is 0 Å². The molecule has 0 saturated carbocycles. The molecule has 2 N–H and O–H groups in total. The standard InChI is InChI=1S/C20H27N3O5/c1-4-21-19(25)10-14-6-7-16-18(28-14)11-27-17-8-5-13(22-12(2)24)9-15(17)20(26)23(16)3/h5,8-9,14,16,18H,4,6-7,10-11H2,1-3H3,(H,21,25)(H,22,24)/t14-,16+,18-/m1/s1. The van der Waals surface area contributed by atoms with Gasteiger partial charge in [0, 0.05) is 26.2 Å². The lowest BCUT2D eigenvalue weighted by Gasteiger charge is -2.42. The normalized spacial score (nSPS) is 24.2. The van der Waals surface area contributed by atoms with Crippen LogP contribution in [0.4, 0.5) is 5.69 Å². The molecule has 152 valence electrons. The molecule has 2 heterocycles. The molecule has 8 nitrogen and oxygen atoms in total. The van der Waals surface area contributed by atoms with E-state index in [2.05, 4.69) is 10.6 Å². The minimum absolute atomic E-state index is 0.0296. The van der Waals surface area contributed by atoms with E-state index in [-0.39, 0.29) is 36.0 Å². The summed E-state index contributed by atoms with van der Waals surface area (Å²) in [5.41, 5.74) is 0.965. The molecule has 3 amide bonds. The van der Waals surface area contributed by atoms with E-state index in [1.54, 1.807) is 30.1 Å². The molecule has 0 bridgehead atoms. The van der Waals surface area contributed by atoms with E-state index in [0.29, 0.717) is 43.0 Å². The van der Waals surface area contributed by atoms with Crippen LogP contribution < -0.4 is 15.4 Å². The molecular weight excluding hydrogens is 362 g/mol. The van der Waals surface area contributed by atoms with E-state index in [1.807, 2.05) is 6.92 Å². The largest absolute Gasteiger partial charge is 0.490 e. The first-order valence-electron chi connectivity index (χ1n) is 9.62. The Bertz CT molecular complexity index is 766. The fraction of sp³-hybridized carbons (Fsp3) is 0.550. The predicted octanol–water partition coefficient (Wildman–Crippen LogP) is 1.55. The first-order valence-corrected chi connectivity index (χ1v) is 9.62. The number of ether oxygens (including phenoxy) is 2. The van der Waals surface area contributed by atoms with Gasteiger partial charge in [-0.1, -0.05) is 0 Å². The summed E-state index contributed by atoms with van der Waals surface area (Å²) in [7, 11) is 1.76. The lowest BCUT2D eigenvalue weighted by molar-refractivity contribution is -0.134. The van der Waals surface area contributed by atoms with E-state index < -0.39 is 0 Å². The molecule has 0 spiro atoms. The number of nitrogens with zero attached hydrogens (tertiary/aromatic N) is 1. The molecule has 0 radical (unpaired) electrons. The van der Waals surface area contributed by atoms with Crippen LogP contribution in [0.15, 0.2) is 18.2 Å². The van der Waals surface area contributed by atoms with Crippen molar-refractivity contribution in [2.24, 2.45) is 0 Å². The van der Waals surface area contributed by atoms with E-state index in [9.17, 15) is 14.4 Å². The molecule has 0 unspecified atom stereocenters. The van der Waals surface area contributed by atoms with Gasteiger partial charge in [0.25, 0.3) is 5.91 Å². The van der Waals surface area contributed by atoms with Crippen LogP contribution in [0, 0.1) is 0 Å². The highest BCUT2D eigenvalue weighted by Crippen LogP contribution is 2.32. The fourth-order valence-corrected chi connectivity index (χ4v) is 3.78. The minimum atomic E-state index is -0.301. The minimum Gasteiger partial charge on any atom is -0.490 e. The van der Waals surface area contributed by atoms with Crippen LogP contribution in [0.2, 0.25) is 0 Å². The Morgan fingerprint density at radius 2 is 2.07 bits per heavy atom. The Morgan fingerprint density at radius 3 is 2.79 bits per heavy atom. The van der Waals surface area contributed by atoms with Crippen molar-refractivity contribution in [1.29, 1.82) is 0 Å². The van der Waals surface area contributed by atoms with Gasteiger partial charge in [-0.25, -0.2) is 0 Å². The highest BCUT2D eigenvalue weighted by atomic mass is 16.5. The molecule has 1 aromatic rings. The van der Waals surface area contributed by atoms with Gasteiger partial charge in [0.1, 0.15) is 18.5 Å². The monoisotopic (exact) mass is 389 g/mol. The molecular formula is C20H27N3O5. The van der Waals surface area contributed by atoms with Gasteiger partial charge in [-0.15, -0.1) is 0 Å². The summed E-state index contributed by atoms with van der Waals surface area (Å²) in [6, 6.07) is 4.89. The molecule has 3 atom stereocenters. The first kappa shape index (κ1) is 20.1. The zero-order chi connectivity index (χ0) is 20.3. The predicted molar refractivity (Wildman–Crippen MR) is 103 cm³/mol. The molecule has 8 heteroatoms. The van der Waals surface area contributed by atoms with E-state index in [4.69, 9.17) is 9.47 Å². The summed E-state index contributed by atoms with van der Waals surface area (Å²) in [5.74, 6) is 0.0472. The lowest BCUT2D eigenvalue weighted by atomic mass is 9.94. The van der Waals surface area contributed by atoms with Crippen LogP contribution in [0.25, 0.3) is 0 Å². The van der Waals surface area contributed by atoms with Crippen LogP contribution in [0.1, 0.15) is 43.5 Å².